The molecular weight excluding hydrogens is 493 g/mol. The molecule has 1 aliphatic heterocycles. The fourth-order valence-corrected chi connectivity index (χ4v) is 5.59. The van der Waals surface area contributed by atoms with Crippen molar-refractivity contribution in [1.29, 1.82) is 5.26 Å². The van der Waals surface area contributed by atoms with Crippen LogP contribution in [0.3, 0.4) is 0 Å². The highest BCUT2D eigenvalue weighted by molar-refractivity contribution is 8.03. The Morgan fingerprint density at radius 2 is 1.86 bits per heavy atom. The summed E-state index contributed by atoms with van der Waals surface area (Å²) >= 11 is 1.19. The highest BCUT2D eigenvalue weighted by atomic mass is 32.2. The van der Waals surface area contributed by atoms with E-state index in [1.54, 1.807) is 19.2 Å². The Labute approximate surface area is 219 Å². The Morgan fingerprint density at radius 1 is 1.16 bits per heavy atom. The van der Waals surface area contributed by atoms with Gasteiger partial charge in [-0.15, -0.1) is 0 Å². The Morgan fingerprint density at radius 3 is 2.51 bits per heavy atom. The number of carbonyl (C=O) groups excluding carboxylic acids is 2. The molecule has 0 saturated carbocycles. The van der Waals surface area contributed by atoms with Gasteiger partial charge < -0.3 is 20.1 Å². The zero-order valence-electron chi connectivity index (χ0n) is 21.1. The minimum absolute atomic E-state index is 0.00983. The van der Waals surface area contributed by atoms with Crippen LogP contribution in [0, 0.1) is 22.6 Å². The van der Waals surface area contributed by atoms with Gasteiger partial charge in [0.05, 0.1) is 42.6 Å². The lowest BCUT2D eigenvalue weighted by Gasteiger charge is -2.39. The first kappa shape index (κ1) is 26.3. The second-order valence-electron chi connectivity index (χ2n) is 9.70. The molecule has 0 saturated heterocycles. The zero-order chi connectivity index (χ0) is 26.7. The summed E-state index contributed by atoms with van der Waals surface area (Å²) in [6, 6.07) is 13.2. The SMILES string of the molecule is COc1ccc(C2C(C#N)=C(SCC(=O)Nc3ccc(F)cc3)NC3=C2C(=O)CC(C)(C)C3)cc1OC. The molecule has 2 aliphatic rings. The van der Waals surface area contributed by atoms with E-state index < -0.39 is 11.7 Å². The smallest absolute Gasteiger partial charge is 0.234 e. The van der Waals surface area contributed by atoms with Gasteiger partial charge in [0.15, 0.2) is 17.3 Å². The third-order valence-corrected chi connectivity index (χ3v) is 7.36. The lowest BCUT2D eigenvalue weighted by atomic mass is 9.69. The van der Waals surface area contributed by atoms with E-state index in [2.05, 4.69) is 16.7 Å². The predicted molar refractivity (Wildman–Crippen MR) is 141 cm³/mol. The quantitative estimate of drug-likeness (QED) is 0.511. The van der Waals surface area contributed by atoms with Crippen LogP contribution in [-0.4, -0.2) is 31.7 Å². The topological polar surface area (TPSA) is 100 Å². The molecule has 7 nitrogen and oxygen atoms in total. The summed E-state index contributed by atoms with van der Waals surface area (Å²) in [4.78, 5) is 26.0. The number of nitrogens with zero attached hydrogens (tertiary/aromatic N) is 1. The molecule has 0 fully saturated rings. The molecular formula is C28H28FN3O4S. The number of methoxy groups -OCH3 is 2. The van der Waals surface area contributed by atoms with Crippen LogP contribution in [0.1, 0.15) is 38.2 Å². The number of nitriles is 1. The molecule has 2 aromatic carbocycles. The van der Waals surface area contributed by atoms with Gasteiger partial charge in [-0.1, -0.05) is 31.7 Å². The van der Waals surface area contributed by atoms with Crippen LogP contribution in [0.4, 0.5) is 10.1 Å². The number of amides is 1. The molecule has 4 rings (SSSR count). The third kappa shape index (κ3) is 5.65. The number of nitrogens with one attached hydrogen (secondary N) is 2. The van der Waals surface area contributed by atoms with E-state index in [0.29, 0.717) is 46.2 Å². The van der Waals surface area contributed by atoms with Crippen molar-refractivity contribution in [2.24, 2.45) is 5.41 Å². The molecule has 0 spiro atoms. The summed E-state index contributed by atoms with van der Waals surface area (Å²) in [5, 5.41) is 16.8. The molecule has 192 valence electrons. The average molecular weight is 522 g/mol. The lowest BCUT2D eigenvalue weighted by Crippen LogP contribution is -2.37. The van der Waals surface area contributed by atoms with Crippen LogP contribution in [-0.2, 0) is 9.59 Å². The second kappa shape index (κ2) is 10.7. The minimum atomic E-state index is -0.604. The molecule has 1 amide bonds. The number of hydrogen-bond acceptors (Lipinski definition) is 7. The average Bonchev–Trinajstić information content (AvgIpc) is 2.86. The number of halogens is 1. The number of thioether (sulfide) groups is 1. The van der Waals surface area contributed by atoms with E-state index in [1.807, 2.05) is 19.9 Å². The molecule has 0 radical (unpaired) electrons. The molecule has 0 bridgehead atoms. The Hall–Kier alpha value is -3.77. The molecule has 0 aromatic heterocycles. The van der Waals surface area contributed by atoms with Crippen molar-refractivity contribution in [3.8, 4) is 17.6 Å². The number of benzene rings is 2. The van der Waals surface area contributed by atoms with Crippen LogP contribution in [0.15, 0.2) is 64.3 Å². The maximum atomic E-state index is 13.4. The number of rotatable bonds is 7. The van der Waals surface area contributed by atoms with E-state index in [9.17, 15) is 19.2 Å². The first-order valence-electron chi connectivity index (χ1n) is 11.7. The number of carbonyl (C=O) groups is 2. The zero-order valence-corrected chi connectivity index (χ0v) is 21.9. The van der Waals surface area contributed by atoms with Crippen molar-refractivity contribution < 1.29 is 23.5 Å². The van der Waals surface area contributed by atoms with Gasteiger partial charge in [-0.25, -0.2) is 4.39 Å². The van der Waals surface area contributed by atoms with Crippen molar-refractivity contribution in [2.45, 2.75) is 32.6 Å². The maximum Gasteiger partial charge on any atom is 0.234 e. The number of hydrogen-bond donors (Lipinski definition) is 2. The van der Waals surface area contributed by atoms with Crippen molar-refractivity contribution in [3.05, 3.63) is 75.7 Å². The molecule has 1 atom stereocenters. The van der Waals surface area contributed by atoms with Gasteiger partial charge in [0, 0.05) is 23.4 Å². The Kier molecular flexibility index (Phi) is 7.60. The van der Waals surface area contributed by atoms with E-state index in [4.69, 9.17) is 9.47 Å². The van der Waals surface area contributed by atoms with Crippen LogP contribution < -0.4 is 20.1 Å². The van der Waals surface area contributed by atoms with Gasteiger partial charge in [0.1, 0.15) is 5.82 Å². The standard InChI is InChI=1S/C28H28FN3O4S/c1-28(2)12-20-26(21(33)13-28)25(16-5-10-22(35-3)23(11-16)36-4)19(14-30)27(32-20)37-15-24(34)31-18-8-6-17(29)7-9-18/h5-11,25,32H,12-13,15H2,1-4H3,(H,31,34). The van der Waals surface area contributed by atoms with Gasteiger partial charge >= 0.3 is 0 Å². The van der Waals surface area contributed by atoms with Crippen molar-refractivity contribution in [3.63, 3.8) is 0 Å². The summed E-state index contributed by atoms with van der Waals surface area (Å²) in [7, 11) is 3.08. The van der Waals surface area contributed by atoms with Gasteiger partial charge in [-0.2, -0.15) is 5.26 Å². The first-order chi connectivity index (χ1) is 17.7. The summed E-state index contributed by atoms with van der Waals surface area (Å²) in [5.74, 6) is -0.251. The molecule has 37 heavy (non-hydrogen) atoms. The van der Waals surface area contributed by atoms with Gasteiger partial charge in [0.25, 0.3) is 0 Å². The number of anilines is 1. The predicted octanol–water partition coefficient (Wildman–Crippen LogP) is 5.28. The molecule has 1 unspecified atom stereocenters. The first-order valence-corrected chi connectivity index (χ1v) is 12.7. The fourth-order valence-electron chi connectivity index (χ4n) is 4.72. The van der Waals surface area contributed by atoms with Gasteiger partial charge in [-0.05, 0) is 53.8 Å². The Bertz CT molecular complexity index is 1340. The molecule has 2 aromatic rings. The maximum absolute atomic E-state index is 13.4. The van der Waals surface area contributed by atoms with E-state index in [0.717, 1.165) is 11.3 Å². The van der Waals surface area contributed by atoms with E-state index in [-0.39, 0.29) is 22.9 Å². The van der Waals surface area contributed by atoms with E-state index in [1.165, 1.54) is 43.1 Å². The Balaban J connectivity index is 1.69. The molecule has 2 N–H and O–H groups in total. The van der Waals surface area contributed by atoms with Crippen LogP contribution in [0.2, 0.25) is 0 Å². The van der Waals surface area contributed by atoms with Crippen molar-refractivity contribution in [2.75, 3.05) is 25.3 Å². The van der Waals surface area contributed by atoms with Crippen molar-refractivity contribution in [1.82, 2.24) is 5.32 Å². The monoisotopic (exact) mass is 521 g/mol. The van der Waals surface area contributed by atoms with Gasteiger partial charge in [0.2, 0.25) is 5.91 Å². The number of dihydropyridines is 1. The normalized spacial score (nSPS) is 18.5. The summed E-state index contributed by atoms with van der Waals surface area (Å²) in [6.07, 6.45) is 1.00. The van der Waals surface area contributed by atoms with Crippen LogP contribution in [0.25, 0.3) is 0 Å². The molecule has 9 heteroatoms. The number of allylic oxidation sites excluding steroid dienone is 3. The minimum Gasteiger partial charge on any atom is -0.493 e. The largest absolute Gasteiger partial charge is 0.493 e. The lowest BCUT2D eigenvalue weighted by molar-refractivity contribution is -0.118. The number of Topliss-reactive ketones (excluding diaryl/α,β-unsaturated/α-hetero) is 1. The molecule has 1 heterocycles. The third-order valence-electron chi connectivity index (χ3n) is 6.34. The fraction of sp³-hybridized carbons (Fsp3) is 0.321. The summed E-state index contributed by atoms with van der Waals surface area (Å²) in [6.45, 7) is 4.07. The van der Waals surface area contributed by atoms with Crippen LogP contribution >= 0.6 is 11.8 Å². The second-order valence-corrected chi connectivity index (χ2v) is 10.7. The van der Waals surface area contributed by atoms with Crippen molar-refractivity contribution >= 4 is 29.1 Å². The highest BCUT2D eigenvalue weighted by Crippen LogP contribution is 2.48. The number of ether oxygens (including phenoxy) is 2. The highest BCUT2D eigenvalue weighted by Gasteiger charge is 2.42. The van der Waals surface area contributed by atoms with E-state index >= 15 is 0 Å². The summed E-state index contributed by atoms with van der Waals surface area (Å²) < 4.78 is 24.0. The van der Waals surface area contributed by atoms with Gasteiger partial charge in [-0.3, -0.25) is 9.59 Å². The molecule has 1 aliphatic carbocycles. The number of ketones is 1. The van der Waals surface area contributed by atoms with Crippen LogP contribution in [0.5, 0.6) is 11.5 Å². The summed E-state index contributed by atoms with van der Waals surface area (Å²) in [5.41, 5.74) is 2.66.